The van der Waals surface area contributed by atoms with Gasteiger partial charge in [-0.05, 0) is 34.5 Å². The average Bonchev–Trinajstić information content (AvgIpc) is 2.29. The molecule has 1 unspecified atom stereocenters. The summed E-state index contributed by atoms with van der Waals surface area (Å²) in [5.41, 5.74) is -0.107. The van der Waals surface area contributed by atoms with E-state index in [0.717, 1.165) is 0 Å². The smallest absolute Gasteiger partial charge is 0.316 e. The Bertz CT molecular complexity index is 425. The molecule has 1 aromatic carbocycles. The summed E-state index contributed by atoms with van der Waals surface area (Å²) >= 11 is 3.10. The van der Waals surface area contributed by atoms with E-state index in [4.69, 9.17) is 0 Å². The van der Waals surface area contributed by atoms with Crippen LogP contribution in [0, 0.1) is 11.7 Å². The molecule has 5 heteroatoms. The molecule has 1 aromatic rings. The summed E-state index contributed by atoms with van der Waals surface area (Å²) in [5.74, 6) is -2.82. The van der Waals surface area contributed by atoms with Crippen LogP contribution >= 0.6 is 15.9 Å². The van der Waals surface area contributed by atoms with E-state index in [2.05, 4.69) is 20.7 Å². The Kier molecular flexibility index (Phi) is 4.81. The molecule has 0 amide bonds. The van der Waals surface area contributed by atoms with Gasteiger partial charge in [-0.3, -0.25) is 9.59 Å². The fraction of sp³-hybridized carbons (Fsp3) is 0.333. The van der Waals surface area contributed by atoms with Crippen molar-refractivity contribution in [2.24, 2.45) is 5.92 Å². The zero-order valence-corrected chi connectivity index (χ0v) is 11.1. The van der Waals surface area contributed by atoms with E-state index in [9.17, 15) is 14.0 Å². The van der Waals surface area contributed by atoms with Crippen molar-refractivity contribution in [1.82, 2.24) is 0 Å². The summed E-state index contributed by atoms with van der Waals surface area (Å²) in [6.45, 7) is 1.67. The highest BCUT2D eigenvalue weighted by molar-refractivity contribution is 9.10. The highest BCUT2D eigenvalue weighted by Gasteiger charge is 2.29. The van der Waals surface area contributed by atoms with E-state index in [1.165, 1.54) is 19.2 Å². The minimum absolute atomic E-state index is 0.107. The zero-order valence-electron chi connectivity index (χ0n) is 9.50. The maximum atomic E-state index is 13.6. The topological polar surface area (TPSA) is 43.4 Å². The third-order valence-electron chi connectivity index (χ3n) is 2.42. The maximum Gasteiger partial charge on any atom is 0.316 e. The summed E-state index contributed by atoms with van der Waals surface area (Å²) in [5, 5.41) is 0. The van der Waals surface area contributed by atoms with Crippen LogP contribution in [-0.4, -0.2) is 18.9 Å². The quantitative estimate of drug-likeness (QED) is 0.488. The lowest BCUT2D eigenvalue weighted by Gasteiger charge is -2.12. The standard InChI is InChI=1S/C12H12BrFO3/c1-3-7(12(16)17-2)11(15)10-8(13)5-4-6-9(10)14/h4-7H,3H2,1-2H3. The number of ether oxygens (including phenoxy) is 1. The second-order valence-electron chi connectivity index (χ2n) is 3.44. The van der Waals surface area contributed by atoms with Crippen molar-refractivity contribution in [3.63, 3.8) is 0 Å². The third kappa shape index (κ3) is 2.91. The number of benzene rings is 1. The Morgan fingerprint density at radius 3 is 2.59 bits per heavy atom. The van der Waals surface area contributed by atoms with E-state index in [1.54, 1.807) is 13.0 Å². The van der Waals surface area contributed by atoms with Crippen LogP contribution in [0.2, 0.25) is 0 Å². The fourth-order valence-electron chi connectivity index (χ4n) is 1.51. The number of ketones is 1. The number of carbonyl (C=O) groups is 2. The molecule has 3 nitrogen and oxygen atoms in total. The zero-order chi connectivity index (χ0) is 13.0. The van der Waals surface area contributed by atoms with Crippen molar-refractivity contribution in [3.05, 3.63) is 34.1 Å². The Balaban J connectivity index is 3.15. The summed E-state index contributed by atoms with van der Waals surface area (Å²) in [7, 11) is 1.20. The van der Waals surface area contributed by atoms with Crippen LogP contribution < -0.4 is 0 Å². The number of hydrogen-bond acceptors (Lipinski definition) is 3. The molecular formula is C12H12BrFO3. The van der Waals surface area contributed by atoms with E-state index in [-0.39, 0.29) is 12.0 Å². The van der Waals surface area contributed by atoms with Gasteiger partial charge >= 0.3 is 5.97 Å². The first-order valence-corrected chi connectivity index (χ1v) is 5.88. The van der Waals surface area contributed by atoms with Crippen molar-refractivity contribution >= 4 is 27.7 Å². The number of hydrogen-bond donors (Lipinski definition) is 0. The number of rotatable bonds is 4. The normalized spacial score (nSPS) is 12.0. The second kappa shape index (κ2) is 5.91. The second-order valence-corrected chi connectivity index (χ2v) is 4.30. The molecule has 0 bridgehead atoms. The van der Waals surface area contributed by atoms with Crippen LogP contribution in [0.3, 0.4) is 0 Å². The highest BCUT2D eigenvalue weighted by atomic mass is 79.9. The van der Waals surface area contributed by atoms with Gasteiger partial charge in [0.1, 0.15) is 11.7 Å². The van der Waals surface area contributed by atoms with Gasteiger partial charge in [-0.25, -0.2) is 4.39 Å². The first-order valence-electron chi connectivity index (χ1n) is 5.09. The van der Waals surface area contributed by atoms with Gasteiger partial charge in [0.15, 0.2) is 5.78 Å². The van der Waals surface area contributed by atoms with E-state index in [0.29, 0.717) is 4.47 Å². The molecule has 92 valence electrons. The number of esters is 1. The molecule has 1 rings (SSSR count). The van der Waals surface area contributed by atoms with Crippen molar-refractivity contribution in [1.29, 1.82) is 0 Å². The van der Waals surface area contributed by atoms with Gasteiger partial charge in [-0.2, -0.15) is 0 Å². The van der Waals surface area contributed by atoms with Crippen LogP contribution in [0.1, 0.15) is 23.7 Å². The number of halogens is 2. The average molecular weight is 303 g/mol. The van der Waals surface area contributed by atoms with E-state index in [1.807, 2.05) is 0 Å². The SMILES string of the molecule is CCC(C(=O)OC)C(=O)c1c(F)cccc1Br. The van der Waals surface area contributed by atoms with Crippen LogP contribution in [0.25, 0.3) is 0 Å². The molecule has 0 saturated heterocycles. The molecule has 0 spiro atoms. The van der Waals surface area contributed by atoms with Gasteiger partial charge < -0.3 is 4.74 Å². The maximum absolute atomic E-state index is 13.6. The molecule has 0 saturated carbocycles. The first-order chi connectivity index (χ1) is 8.02. The summed E-state index contributed by atoms with van der Waals surface area (Å²) in [4.78, 5) is 23.4. The lowest BCUT2D eigenvalue weighted by molar-refractivity contribution is -0.143. The lowest BCUT2D eigenvalue weighted by atomic mass is 9.95. The number of Topliss-reactive ketones (excluding diaryl/α,β-unsaturated/α-hetero) is 1. The molecule has 0 N–H and O–H groups in total. The summed E-state index contributed by atoms with van der Waals surface area (Å²) in [6.07, 6.45) is 0.270. The molecular weight excluding hydrogens is 291 g/mol. The Labute approximate surface area is 107 Å². The largest absolute Gasteiger partial charge is 0.468 e. The first kappa shape index (κ1) is 13.8. The Hall–Kier alpha value is -1.23. The van der Waals surface area contributed by atoms with Crippen LogP contribution in [0.4, 0.5) is 4.39 Å². The fourth-order valence-corrected chi connectivity index (χ4v) is 2.05. The predicted molar refractivity (Wildman–Crippen MR) is 64.2 cm³/mol. The third-order valence-corrected chi connectivity index (χ3v) is 3.08. The van der Waals surface area contributed by atoms with Crippen molar-refractivity contribution in [3.8, 4) is 0 Å². The Morgan fingerprint density at radius 1 is 1.47 bits per heavy atom. The van der Waals surface area contributed by atoms with Crippen molar-refractivity contribution < 1.29 is 18.7 Å². The van der Waals surface area contributed by atoms with Gasteiger partial charge in [0.2, 0.25) is 0 Å². The van der Waals surface area contributed by atoms with Crippen LogP contribution in [0.15, 0.2) is 22.7 Å². The molecule has 17 heavy (non-hydrogen) atoms. The van der Waals surface area contributed by atoms with Gasteiger partial charge in [0, 0.05) is 4.47 Å². The molecule has 0 fully saturated rings. The van der Waals surface area contributed by atoms with E-state index >= 15 is 0 Å². The van der Waals surface area contributed by atoms with Gasteiger partial charge in [0.05, 0.1) is 12.7 Å². The van der Waals surface area contributed by atoms with Crippen molar-refractivity contribution in [2.45, 2.75) is 13.3 Å². The number of methoxy groups -OCH3 is 1. The lowest BCUT2D eigenvalue weighted by Crippen LogP contribution is -2.25. The molecule has 0 radical (unpaired) electrons. The highest BCUT2D eigenvalue weighted by Crippen LogP contribution is 2.24. The van der Waals surface area contributed by atoms with E-state index < -0.39 is 23.5 Å². The van der Waals surface area contributed by atoms with Crippen LogP contribution in [-0.2, 0) is 9.53 Å². The predicted octanol–water partition coefficient (Wildman–Crippen LogP) is 2.97. The summed E-state index contributed by atoms with van der Waals surface area (Å²) in [6, 6.07) is 4.22. The Morgan fingerprint density at radius 2 is 2.12 bits per heavy atom. The molecule has 0 heterocycles. The summed E-state index contributed by atoms with van der Waals surface area (Å²) < 4.78 is 18.4. The molecule has 0 aliphatic heterocycles. The van der Waals surface area contributed by atoms with Crippen molar-refractivity contribution in [2.75, 3.05) is 7.11 Å². The minimum Gasteiger partial charge on any atom is -0.468 e. The molecule has 0 aliphatic rings. The van der Waals surface area contributed by atoms with Gasteiger partial charge in [-0.1, -0.05) is 13.0 Å². The van der Waals surface area contributed by atoms with Gasteiger partial charge in [-0.15, -0.1) is 0 Å². The number of carbonyl (C=O) groups excluding carboxylic acids is 2. The molecule has 0 aliphatic carbocycles. The molecule has 0 aromatic heterocycles. The molecule has 1 atom stereocenters. The monoisotopic (exact) mass is 302 g/mol. The van der Waals surface area contributed by atoms with Crippen LogP contribution in [0.5, 0.6) is 0 Å². The minimum atomic E-state index is -0.965. The van der Waals surface area contributed by atoms with Gasteiger partial charge in [0.25, 0.3) is 0 Å².